The van der Waals surface area contributed by atoms with Gasteiger partial charge in [0.05, 0.1) is 29.0 Å². The normalized spacial score (nSPS) is 12.4. The van der Waals surface area contributed by atoms with E-state index in [-0.39, 0.29) is 0 Å². The lowest BCUT2D eigenvalue weighted by Crippen LogP contribution is -2.16. The molecular formula is C24H20N8OS. The number of hydrogen-bond donors (Lipinski definition) is 4. The van der Waals surface area contributed by atoms with Crippen molar-refractivity contribution in [2.45, 2.75) is 19.6 Å². The molecule has 0 bridgehead atoms. The molecule has 0 spiro atoms. The predicted molar refractivity (Wildman–Crippen MR) is 133 cm³/mol. The standard InChI is InChI=1S/C24H20N8OS/c1-2-20(33)28-16-5-14(7-25-9-16)15-6-17-22(31-32-23(17)27-8-15)24-29-19-11-26-10-18(21(19)30-24)13-3-4-34-12-13/h3-12,20,28,33H,2H2,1H3,(H,29,30)(H,27,31,32). The summed E-state index contributed by atoms with van der Waals surface area (Å²) in [7, 11) is 0. The van der Waals surface area contributed by atoms with Crippen LogP contribution in [0.15, 0.2) is 59.9 Å². The molecule has 0 aliphatic heterocycles. The average Bonchev–Trinajstić information content (AvgIpc) is 3.62. The number of fused-ring (bicyclic) bond motifs is 2. The molecule has 0 aliphatic rings. The molecule has 0 saturated carbocycles. The van der Waals surface area contributed by atoms with Gasteiger partial charge in [-0.25, -0.2) is 9.97 Å². The van der Waals surface area contributed by atoms with Crippen molar-refractivity contribution < 1.29 is 5.11 Å². The molecule has 34 heavy (non-hydrogen) atoms. The van der Waals surface area contributed by atoms with Gasteiger partial charge in [0.1, 0.15) is 17.4 Å². The van der Waals surface area contributed by atoms with E-state index < -0.39 is 6.23 Å². The molecule has 0 radical (unpaired) electrons. The van der Waals surface area contributed by atoms with Gasteiger partial charge in [-0.3, -0.25) is 15.1 Å². The fourth-order valence-corrected chi connectivity index (χ4v) is 4.54. The van der Waals surface area contributed by atoms with Gasteiger partial charge in [0.15, 0.2) is 11.5 Å². The van der Waals surface area contributed by atoms with Gasteiger partial charge in [-0.2, -0.15) is 16.4 Å². The number of thiophene rings is 1. The van der Waals surface area contributed by atoms with Crippen molar-refractivity contribution in [2.75, 3.05) is 5.32 Å². The monoisotopic (exact) mass is 468 g/mol. The largest absolute Gasteiger partial charge is 0.374 e. The fourth-order valence-electron chi connectivity index (χ4n) is 3.89. The van der Waals surface area contributed by atoms with Gasteiger partial charge >= 0.3 is 0 Å². The molecule has 6 rings (SSSR count). The number of rotatable bonds is 6. The van der Waals surface area contributed by atoms with Gasteiger partial charge in [-0.15, -0.1) is 0 Å². The van der Waals surface area contributed by atoms with Crippen LogP contribution in [-0.2, 0) is 0 Å². The molecule has 1 atom stereocenters. The first-order valence-electron chi connectivity index (χ1n) is 10.8. The van der Waals surface area contributed by atoms with Crippen LogP contribution in [0, 0.1) is 0 Å². The van der Waals surface area contributed by atoms with Gasteiger partial charge in [0, 0.05) is 35.3 Å². The number of pyridine rings is 3. The number of anilines is 1. The molecule has 0 aromatic carbocycles. The third-order valence-corrected chi connectivity index (χ3v) is 6.34. The average molecular weight is 469 g/mol. The summed E-state index contributed by atoms with van der Waals surface area (Å²) in [6.45, 7) is 1.91. The summed E-state index contributed by atoms with van der Waals surface area (Å²) in [4.78, 5) is 21.5. The summed E-state index contributed by atoms with van der Waals surface area (Å²) in [5.41, 5.74) is 7.61. The fraction of sp³-hybridized carbons (Fsp3) is 0.125. The molecule has 10 heteroatoms. The highest BCUT2D eigenvalue weighted by Crippen LogP contribution is 2.32. The molecular weight excluding hydrogens is 448 g/mol. The van der Waals surface area contributed by atoms with Gasteiger partial charge in [0.2, 0.25) is 0 Å². The van der Waals surface area contributed by atoms with Crippen LogP contribution in [0.5, 0.6) is 0 Å². The Morgan fingerprint density at radius 2 is 1.94 bits per heavy atom. The molecule has 0 saturated heterocycles. The Morgan fingerprint density at radius 1 is 1.06 bits per heavy atom. The molecule has 0 aliphatic carbocycles. The SMILES string of the molecule is CCC(O)Nc1cncc(-c2cnc3[nH]nc(-c4nc5c(-c6ccsc6)cncc5[nH]4)c3c2)c1. The Balaban J connectivity index is 1.43. The minimum Gasteiger partial charge on any atom is -0.374 e. The van der Waals surface area contributed by atoms with Crippen molar-refractivity contribution in [1.82, 2.24) is 35.1 Å². The highest BCUT2D eigenvalue weighted by molar-refractivity contribution is 7.08. The lowest BCUT2D eigenvalue weighted by molar-refractivity contribution is 0.199. The molecule has 1 unspecified atom stereocenters. The van der Waals surface area contributed by atoms with Crippen molar-refractivity contribution in [3.8, 4) is 33.8 Å². The quantitative estimate of drug-likeness (QED) is 0.258. The second-order valence-corrected chi connectivity index (χ2v) is 8.68. The van der Waals surface area contributed by atoms with Gasteiger partial charge < -0.3 is 15.4 Å². The molecule has 4 N–H and O–H groups in total. The minimum absolute atomic E-state index is 0.595. The second-order valence-electron chi connectivity index (χ2n) is 7.90. The van der Waals surface area contributed by atoms with Crippen LogP contribution in [-0.4, -0.2) is 46.5 Å². The van der Waals surface area contributed by atoms with E-state index in [1.165, 1.54) is 0 Å². The van der Waals surface area contributed by atoms with E-state index in [1.807, 2.05) is 30.6 Å². The van der Waals surface area contributed by atoms with Crippen LogP contribution in [0.25, 0.3) is 55.8 Å². The number of imidazole rings is 1. The van der Waals surface area contributed by atoms with Crippen molar-refractivity contribution in [3.05, 3.63) is 59.9 Å². The first-order chi connectivity index (χ1) is 16.7. The van der Waals surface area contributed by atoms with Crippen molar-refractivity contribution in [1.29, 1.82) is 0 Å². The van der Waals surface area contributed by atoms with E-state index in [1.54, 1.807) is 36.1 Å². The third kappa shape index (κ3) is 3.58. The number of H-pyrrole nitrogens is 2. The number of nitrogens with zero attached hydrogens (tertiary/aromatic N) is 5. The number of hydrogen-bond acceptors (Lipinski definition) is 8. The molecule has 0 fully saturated rings. The van der Waals surface area contributed by atoms with Gasteiger partial charge in [0.25, 0.3) is 0 Å². The summed E-state index contributed by atoms with van der Waals surface area (Å²) >= 11 is 1.64. The molecule has 6 heterocycles. The van der Waals surface area contributed by atoms with E-state index in [0.29, 0.717) is 23.6 Å². The van der Waals surface area contributed by atoms with E-state index in [0.717, 1.165) is 44.4 Å². The van der Waals surface area contributed by atoms with Crippen LogP contribution in [0.3, 0.4) is 0 Å². The maximum absolute atomic E-state index is 9.91. The number of aliphatic hydroxyl groups is 1. The van der Waals surface area contributed by atoms with E-state index >= 15 is 0 Å². The highest BCUT2D eigenvalue weighted by Gasteiger charge is 2.17. The maximum Gasteiger partial charge on any atom is 0.159 e. The zero-order valence-electron chi connectivity index (χ0n) is 18.1. The van der Waals surface area contributed by atoms with Gasteiger partial charge in [-0.05, 0) is 40.9 Å². The first kappa shape index (κ1) is 20.5. The highest BCUT2D eigenvalue weighted by atomic mass is 32.1. The molecule has 6 aromatic rings. The van der Waals surface area contributed by atoms with Gasteiger partial charge in [-0.1, -0.05) is 6.92 Å². The van der Waals surface area contributed by atoms with E-state index in [4.69, 9.17) is 4.98 Å². The predicted octanol–water partition coefficient (Wildman–Crippen LogP) is 4.83. The number of nitrogens with one attached hydrogen (secondary N) is 3. The molecule has 0 amide bonds. The van der Waals surface area contributed by atoms with Crippen LogP contribution in [0.2, 0.25) is 0 Å². The maximum atomic E-state index is 9.91. The zero-order valence-corrected chi connectivity index (χ0v) is 19.0. The summed E-state index contributed by atoms with van der Waals surface area (Å²) in [5, 5.41) is 25.4. The number of aromatic amines is 2. The third-order valence-electron chi connectivity index (χ3n) is 5.66. The summed E-state index contributed by atoms with van der Waals surface area (Å²) < 4.78 is 0. The lowest BCUT2D eigenvalue weighted by Gasteiger charge is -2.12. The molecule has 9 nitrogen and oxygen atoms in total. The van der Waals surface area contributed by atoms with Crippen molar-refractivity contribution >= 4 is 39.1 Å². The van der Waals surface area contributed by atoms with Crippen LogP contribution in [0.1, 0.15) is 13.3 Å². The Kier molecular flexibility index (Phi) is 5.01. The molecule has 168 valence electrons. The first-order valence-corrected chi connectivity index (χ1v) is 11.7. The van der Waals surface area contributed by atoms with Crippen LogP contribution >= 0.6 is 11.3 Å². The summed E-state index contributed by atoms with van der Waals surface area (Å²) in [5.74, 6) is 0.643. The van der Waals surface area contributed by atoms with E-state index in [9.17, 15) is 5.11 Å². The Hall–Kier alpha value is -4.15. The summed E-state index contributed by atoms with van der Waals surface area (Å²) in [6.07, 6.45) is 8.81. The topological polar surface area (TPSA) is 128 Å². The van der Waals surface area contributed by atoms with Crippen molar-refractivity contribution in [2.24, 2.45) is 0 Å². The second kappa shape index (κ2) is 8.32. The molecule has 6 aromatic heterocycles. The zero-order chi connectivity index (χ0) is 23.1. The Labute approximate surface area is 198 Å². The van der Waals surface area contributed by atoms with Crippen LogP contribution < -0.4 is 5.32 Å². The number of aliphatic hydroxyl groups excluding tert-OH is 1. The Morgan fingerprint density at radius 3 is 2.79 bits per heavy atom. The Bertz CT molecular complexity index is 1600. The number of aromatic nitrogens is 7. The smallest absolute Gasteiger partial charge is 0.159 e. The van der Waals surface area contributed by atoms with Crippen molar-refractivity contribution in [3.63, 3.8) is 0 Å². The lowest BCUT2D eigenvalue weighted by atomic mass is 10.1. The minimum atomic E-state index is -0.625. The van der Waals surface area contributed by atoms with E-state index in [2.05, 4.69) is 46.9 Å². The van der Waals surface area contributed by atoms with Crippen LogP contribution in [0.4, 0.5) is 5.69 Å². The summed E-state index contributed by atoms with van der Waals surface area (Å²) in [6, 6.07) is 6.02.